The molecule has 0 radical (unpaired) electrons. The Morgan fingerprint density at radius 3 is 2.58 bits per heavy atom. The van der Waals surface area contributed by atoms with Crippen LogP contribution in [0.4, 0.5) is 0 Å². The summed E-state index contributed by atoms with van der Waals surface area (Å²) in [5, 5.41) is 12.3. The van der Waals surface area contributed by atoms with Crippen molar-refractivity contribution >= 4 is 22.2 Å². The molecule has 96 valence electrons. The van der Waals surface area contributed by atoms with Crippen molar-refractivity contribution in [1.82, 2.24) is 14.1 Å². The molecule has 0 fully saturated rings. The highest BCUT2D eigenvalue weighted by molar-refractivity contribution is 5.78. The van der Waals surface area contributed by atoms with Gasteiger partial charge in [-0.25, -0.2) is 9.78 Å². The molecule has 1 aromatic carbocycles. The molecule has 0 N–H and O–H groups in total. The maximum Gasteiger partial charge on any atom is 0.332 e. The van der Waals surface area contributed by atoms with E-state index in [0.29, 0.717) is 15.8 Å². The van der Waals surface area contributed by atoms with Gasteiger partial charge in [0.2, 0.25) is 11.2 Å². The van der Waals surface area contributed by atoms with E-state index in [1.807, 2.05) is 0 Å². The number of hydrogen-bond acceptors (Lipinski definition) is 4. The first-order chi connectivity index (χ1) is 9.02. The Labute approximate surface area is 106 Å². The Bertz CT molecular complexity index is 939. The summed E-state index contributed by atoms with van der Waals surface area (Å²) in [5.74, 6) is 0. The molecule has 0 spiro atoms. The third-order valence-corrected chi connectivity index (χ3v) is 3.14. The monoisotopic (exact) mass is 259 g/mol. The molecule has 2 heterocycles. The Balaban J connectivity index is 2.75. The fourth-order valence-electron chi connectivity index (χ4n) is 2.09. The van der Waals surface area contributed by atoms with Gasteiger partial charge in [0.25, 0.3) is 0 Å². The van der Waals surface area contributed by atoms with Crippen molar-refractivity contribution in [2.75, 3.05) is 0 Å². The summed E-state index contributed by atoms with van der Waals surface area (Å²) < 4.78 is 2.62. The molecule has 7 nitrogen and oxygen atoms in total. The molecule has 0 aliphatic rings. The van der Waals surface area contributed by atoms with Crippen LogP contribution >= 0.6 is 0 Å². The van der Waals surface area contributed by atoms with Gasteiger partial charge in [0.1, 0.15) is 5.52 Å². The topological polar surface area (TPSA) is 83.8 Å². The van der Waals surface area contributed by atoms with E-state index in [0.717, 1.165) is 4.57 Å². The molecule has 3 aromatic rings. The second-order valence-electron chi connectivity index (χ2n) is 4.27. The highest BCUT2D eigenvalue weighted by Crippen LogP contribution is 2.09. The Hall–Kier alpha value is -2.70. The van der Waals surface area contributed by atoms with Gasteiger partial charge in [-0.05, 0) is 6.07 Å². The van der Waals surface area contributed by atoms with Crippen LogP contribution in [0.25, 0.3) is 22.2 Å². The molecule has 0 aliphatic heterocycles. The van der Waals surface area contributed by atoms with Crippen molar-refractivity contribution in [3.63, 3.8) is 0 Å². The summed E-state index contributed by atoms with van der Waals surface area (Å²) in [6.07, 6.45) is 0. The number of aromatic nitrogens is 4. The van der Waals surface area contributed by atoms with E-state index in [1.165, 1.54) is 18.7 Å². The second-order valence-corrected chi connectivity index (χ2v) is 4.27. The van der Waals surface area contributed by atoms with E-state index in [9.17, 15) is 14.8 Å². The Kier molecular flexibility index (Phi) is 2.19. The van der Waals surface area contributed by atoms with Crippen LogP contribution in [0.1, 0.15) is 0 Å². The highest BCUT2D eigenvalue weighted by atomic mass is 16.5. The number of benzene rings is 1. The molecular weight excluding hydrogens is 249 g/mol. The van der Waals surface area contributed by atoms with Crippen molar-refractivity contribution in [3.8, 4) is 0 Å². The highest BCUT2D eigenvalue weighted by Gasteiger charge is 2.20. The minimum Gasteiger partial charge on any atom is -0.618 e. The van der Waals surface area contributed by atoms with Gasteiger partial charge in [0.05, 0.1) is 0 Å². The van der Waals surface area contributed by atoms with Crippen LogP contribution in [-0.4, -0.2) is 14.1 Å². The van der Waals surface area contributed by atoms with Crippen molar-refractivity contribution < 1.29 is 4.73 Å². The van der Waals surface area contributed by atoms with Gasteiger partial charge in [0, 0.05) is 20.2 Å². The number of para-hydroxylation sites is 2. The lowest BCUT2D eigenvalue weighted by molar-refractivity contribution is -0.549. The number of hydrogen-bond donors (Lipinski definition) is 0. The Morgan fingerprint density at radius 2 is 1.84 bits per heavy atom. The van der Waals surface area contributed by atoms with Crippen LogP contribution in [0.5, 0.6) is 0 Å². The van der Waals surface area contributed by atoms with E-state index in [-0.39, 0.29) is 11.2 Å². The minimum absolute atomic E-state index is 0.0850. The number of rotatable bonds is 0. The summed E-state index contributed by atoms with van der Waals surface area (Å²) in [6, 6.07) is 6.67. The lowest BCUT2D eigenvalue weighted by Crippen LogP contribution is -2.44. The average Bonchev–Trinajstić information content (AvgIpc) is 2.43. The lowest BCUT2D eigenvalue weighted by atomic mass is 10.3. The molecular formula is C12H10N4O3. The first-order valence-corrected chi connectivity index (χ1v) is 5.60. The first kappa shape index (κ1) is 11.4. The first-order valence-electron chi connectivity index (χ1n) is 5.60. The van der Waals surface area contributed by atoms with Gasteiger partial charge in [-0.1, -0.05) is 12.1 Å². The molecule has 2 aromatic heterocycles. The van der Waals surface area contributed by atoms with Gasteiger partial charge in [0.15, 0.2) is 0 Å². The molecule has 0 aliphatic carbocycles. The fraction of sp³-hybridized carbons (Fsp3) is 0.167. The number of fused-ring (bicyclic) bond motifs is 2. The van der Waals surface area contributed by atoms with Gasteiger partial charge in [-0.15, -0.1) is 0 Å². The molecule has 0 bridgehead atoms. The maximum atomic E-state index is 12.3. The molecule has 0 amide bonds. The molecule has 0 unspecified atom stereocenters. The Morgan fingerprint density at radius 1 is 1.16 bits per heavy atom. The van der Waals surface area contributed by atoms with Crippen LogP contribution in [-0.2, 0) is 14.1 Å². The van der Waals surface area contributed by atoms with Gasteiger partial charge < -0.3 is 5.21 Å². The quantitative estimate of drug-likeness (QED) is 0.307. The predicted molar refractivity (Wildman–Crippen MR) is 68.7 cm³/mol. The smallest absolute Gasteiger partial charge is 0.332 e. The van der Waals surface area contributed by atoms with Crippen molar-refractivity contribution in [3.05, 3.63) is 50.3 Å². The van der Waals surface area contributed by atoms with Crippen molar-refractivity contribution in [1.29, 1.82) is 0 Å². The molecule has 0 atom stereocenters. The van der Waals surface area contributed by atoms with E-state index in [4.69, 9.17) is 0 Å². The van der Waals surface area contributed by atoms with Gasteiger partial charge >= 0.3 is 16.8 Å². The zero-order valence-corrected chi connectivity index (χ0v) is 10.3. The van der Waals surface area contributed by atoms with Crippen molar-refractivity contribution in [2.24, 2.45) is 14.1 Å². The van der Waals surface area contributed by atoms with Crippen LogP contribution in [0.2, 0.25) is 0 Å². The summed E-state index contributed by atoms with van der Waals surface area (Å²) in [7, 11) is 2.81. The van der Waals surface area contributed by atoms with Crippen LogP contribution in [0.3, 0.4) is 0 Å². The summed E-state index contributed by atoms with van der Waals surface area (Å²) in [4.78, 5) is 28.1. The summed E-state index contributed by atoms with van der Waals surface area (Å²) in [6.45, 7) is 0. The van der Waals surface area contributed by atoms with E-state index >= 15 is 0 Å². The van der Waals surface area contributed by atoms with E-state index < -0.39 is 11.2 Å². The summed E-state index contributed by atoms with van der Waals surface area (Å²) >= 11 is 0. The standard InChI is InChI=1S/C12H10N4O3/c1-14-10-9(11(17)15(2)12(14)18)16(19)8-6-4-3-5-7(8)13-10/h3-6H,1-2H3/i13+1. The predicted octanol–water partition coefficient (Wildman–Crippen LogP) is -0.581. The SMILES string of the molecule is Cn1c(=O)c2c([15n]c3ccccc3[n+]2[O-])n(C)c1=O. The molecule has 19 heavy (non-hydrogen) atoms. The third-order valence-electron chi connectivity index (χ3n) is 3.14. The number of aryl methyl sites for hydroxylation is 1. The zero-order chi connectivity index (χ0) is 13.7. The molecule has 3 rings (SSSR count). The normalized spacial score (nSPS) is 11.3. The maximum absolute atomic E-state index is 12.3. The zero-order valence-electron chi connectivity index (χ0n) is 10.3. The lowest BCUT2D eigenvalue weighted by Gasteiger charge is -2.08. The average molecular weight is 259 g/mol. The number of nitrogens with zero attached hydrogens (tertiary/aromatic N) is 4. The van der Waals surface area contributed by atoms with Crippen molar-refractivity contribution in [2.45, 2.75) is 0 Å². The van der Waals surface area contributed by atoms with Gasteiger partial charge in [-0.2, -0.15) is 4.73 Å². The molecule has 7 heteroatoms. The molecule has 0 saturated carbocycles. The van der Waals surface area contributed by atoms with Crippen LogP contribution < -0.4 is 16.0 Å². The second kappa shape index (κ2) is 3.64. The van der Waals surface area contributed by atoms with Crippen LogP contribution in [0.15, 0.2) is 33.9 Å². The van der Waals surface area contributed by atoms with Gasteiger partial charge in [-0.3, -0.25) is 13.9 Å². The van der Waals surface area contributed by atoms with Crippen LogP contribution in [0, 0.1) is 5.21 Å². The molecule has 0 saturated heterocycles. The minimum atomic E-state index is -0.647. The van der Waals surface area contributed by atoms with E-state index in [1.54, 1.807) is 24.3 Å². The largest absolute Gasteiger partial charge is 0.618 e. The third kappa shape index (κ3) is 1.38. The fourth-order valence-corrected chi connectivity index (χ4v) is 2.09. The summed E-state index contributed by atoms with van der Waals surface area (Å²) in [5.41, 5.74) is -0.476. The van der Waals surface area contributed by atoms with E-state index in [2.05, 4.69) is 4.98 Å².